The second-order valence-electron chi connectivity index (χ2n) is 9.72. The fourth-order valence-electron chi connectivity index (χ4n) is 5.20. The molecule has 3 aliphatic heterocycles. The lowest BCUT2D eigenvalue weighted by molar-refractivity contribution is -0.137. The quantitative estimate of drug-likeness (QED) is 0.514. The topological polar surface area (TPSA) is 111 Å². The van der Waals surface area contributed by atoms with Crippen molar-refractivity contribution in [2.45, 2.75) is 51.7 Å². The monoisotopic (exact) mass is 489 g/mol. The molecule has 5 rings (SSSR count). The zero-order valence-corrected chi connectivity index (χ0v) is 20.4. The number of nitrogens with zero attached hydrogens (tertiary/aromatic N) is 2. The van der Waals surface area contributed by atoms with E-state index in [4.69, 9.17) is 0 Å². The van der Waals surface area contributed by atoms with E-state index < -0.39 is 11.9 Å². The van der Waals surface area contributed by atoms with Gasteiger partial charge in [-0.3, -0.25) is 24.5 Å². The molecular weight excluding hydrogens is 458 g/mol. The Labute approximate surface area is 210 Å². The van der Waals surface area contributed by atoms with Crippen LogP contribution in [-0.4, -0.2) is 54.2 Å². The van der Waals surface area contributed by atoms with Gasteiger partial charge in [-0.15, -0.1) is 0 Å². The molecule has 2 aromatic rings. The Morgan fingerprint density at radius 3 is 2.67 bits per heavy atom. The Hall–Kier alpha value is -3.88. The third-order valence-electron chi connectivity index (χ3n) is 7.19. The van der Waals surface area contributed by atoms with Crippen molar-refractivity contribution in [3.05, 3.63) is 58.7 Å². The number of hydrogen-bond donors (Lipinski definition) is 3. The van der Waals surface area contributed by atoms with E-state index >= 15 is 0 Å². The lowest BCUT2D eigenvalue weighted by Crippen LogP contribution is -2.52. The van der Waals surface area contributed by atoms with E-state index in [0.717, 1.165) is 29.9 Å². The molecular formula is C27H31N5O4. The molecule has 0 aliphatic carbocycles. The highest BCUT2D eigenvalue weighted by atomic mass is 16.2. The zero-order valence-electron chi connectivity index (χ0n) is 20.4. The highest BCUT2D eigenvalue weighted by Crippen LogP contribution is 2.29. The van der Waals surface area contributed by atoms with E-state index in [1.165, 1.54) is 29.0 Å². The molecule has 9 heteroatoms. The minimum atomic E-state index is -0.635. The van der Waals surface area contributed by atoms with Gasteiger partial charge in [0.15, 0.2) is 0 Å². The first kappa shape index (κ1) is 23.8. The maximum atomic E-state index is 12.8. The third kappa shape index (κ3) is 4.91. The summed E-state index contributed by atoms with van der Waals surface area (Å²) in [6, 6.07) is 11.0. The summed E-state index contributed by atoms with van der Waals surface area (Å²) in [6.45, 7) is 5.07. The van der Waals surface area contributed by atoms with Crippen LogP contribution in [0.3, 0.4) is 0 Å². The van der Waals surface area contributed by atoms with Crippen molar-refractivity contribution in [3.63, 3.8) is 0 Å². The van der Waals surface area contributed by atoms with E-state index in [0.29, 0.717) is 25.1 Å². The lowest BCUT2D eigenvalue weighted by atomic mass is 10.0. The van der Waals surface area contributed by atoms with Crippen LogP contribution in [0.1, 0.15) is 52.7 Å². The van der Waals surface area contributed by atoms with E-state index in [2.05, 4.69) is 39.9 Å². The largest absolute Gasteiger partial charge is 0.376 e. The van der Waals surface area contributed by atoms with Crippen LogP contribution >= 0.6 is 0 Å². The van der Waals surface area contributed by atoms with Crippen LogP contribution in [0.15, 0.2) is 36.4 Å². The fourth-order valence-corrected chi connectivity index (χ4v) is 5.20. The first-order valence-electron chi connectivity index (χ1n) is 12.5. The molecule has 4 amide bonds. The van der Waals surface area contributed by atoms with Crippen molar-refractivity contribution in [1.82, 2.24) is 15.5 Å². The van der Waals surface area contributed by atoms with Crippen molar-refractivity contribution in [3.8, 4) is 0 Å². The van der Waals surface area contributed by atoms with Gasteiger partial charge in [-0.25, -0.2) is 0 Å². The lowest BCUT2D eigenvalue weighted by Gasteiger charge is -2.29. The van der Waals surface area contributed by atoms with E-state index in [9.17, 15) is 19.2 Å². The number of hydrogen-bond acceptors (Lipinski definition) is 6. The average molecular weight is 490 g/mol. The van der Waals surface area contributed by atoms with Gasteiger partial charge in [0, 0.05) is 49.5 Å². The molecule has 3 heterocycles. The van der Waals surface area contributed by atoms with Crippen LogP contribution in [0.5, 0.6) is 0 Å². The standard InChI is InChI=1S/C27H31N5O4/c1-17-4-6-20(13-23(17)31-10-2-3-11-31)28-15-25(34)29-14-18-5-7-21-19(12-18)16-32(27(21)36)22-8-9-24(33)30-26(22)35/h4-7,12-13,22,28H,2-3,8-11,14-16H2,1H3,(H,29,34)(H,30,33,35). The smallest absolute Gasteiger partial charge is 0.255 e. The number of piperidine rings is 1. The number of anilines is 2. The Kier molecular flexibility index (Phi) is 6.63. The van der Waals surface area contributed by atoms with Crippen molar-refractivity contribution < 1.29 is 19.2 Å². The van der Waals surface area contributed by atoms with E-state index in [1.807, 2.05) is 18.2 Å². The summed E-state index contributed by atoms with van der Waals surface area (Å²) in [7, 11) is 0. The zero-order chi connectivity index (χ0) is 25.2. The van der Waals surface area contributed by atoms with Crippen LogP contribution in [0.4, 0.5) is 11.4 Å². The normalized spacial score (nSPS) is 19.4. The Morgan fingerprint density at radius 2 is 1.89 bits per heavy atom. The molecule has 3 aliphatic rings. The predicted octanol–water partition coefficient (Wildman–Crippen LogP) is 2.08. The number of nitrogens with one attached hydrogen (secondary N) is 3. The van der Waals surface area contributed by atoms with E-state index in [-0.39, 0.29) is 30.7 Å². The molecule has 0 radical (unpaired) electrons. The Bertz CT molecular complexity index is 1220. The number of imide groups is 1. The second-order valence-corrected chi connectivity index (χ2v) is 9.72. The summed E-state index contributed by atoms with van der Waals surface area (Å²) >= 11 is 0. The molecule has 36 heavy (non-hydrogen) atoms. The highest BCUT2D eigenvalue weighted by Gasteiger charge is 2.39. The second kappa shape index (κ2) is 10.0. The molecule has 1 atom stereocenters. The van der Waals surface area contributed by atoms with Crippen molar-refractivity contribution in [2.24, 2.45) is 0 Å². The van der Waals surface area contributed by atoms with Crippen LogP contribution < -0.4 is 20.9 Å². The maximum absolute atomic E-state index is 12.8. The predicted molar refractivity (Wildman–Crippen MR) is 135 cm³/mol. The van der Waals surface area contributed by atoms with Crippen LogP contribution in [-0.2, 0) is 27.5 Å². The third-order valence-corrected chi connectivity index (χ3v) is 7.19. The molecule has 2 aromatic carbocycles. The molecule has 2 fully saturated rings. The number of amides is 4. The summed E-state index contributed by atoms with van der Waals surface area (Å²) < 4.78 is 0. The van der Waals surface area contributed by atoms with Gasteiger partial charge in [0.25, 0.3) is 5.91 Å². The molecule has 0 aromatic heterocycles. The highest BCUT2D eigenvalue weighted by molar-refractivity contribution is 6.05. The molecule has 1 unspecified atom stereocenters. The minimum Gasteiger partial charge on any atom is -0.376 e. The number of carbonyl (C=O) groups is 4. The van der Waals surface area contributed by atoms with Crippen molar-refractivity contribution in [2.75, 3.05) is 29.9 Å². The van der Waals surface area contributed by atoms with Gasteiger partial charge < -0.3 is 20.4 Å². The summed E-state index contributed by atoms with van der Waals surface area (Å²) in [6.07, 6.45) is 2.99. The summed E-state index contributed by atoms with van der Waals surface area (Å²) in [5, 5.41) is 8.46. The van der Waals surface area contributed by atoms with Gasteiger partial charge >= 0.3 is 0 Å². The number of aryl methyl sites for hydroxylation is 1. The number of fused-ring (bicyclic) bond motifs is 1. The fraction of sp³-hybridized carbons (Fsp3) is 0.407. The van der Waals surface area contributed by atoms with Gasteiger partial charge in [-0.1, -0.05) is 18.2 Å². The van der Waals surface area contributed by atoms with Crippen LogP contribution in [0, 0.1) is 6.92 Å². The molecule has 188 valence electrons. The molecule has 9 nitrogen and oxygen atoms in total. The molecule has 0 spiro atoms. The number of benzene rings is 2. The first-order chi connectivity index (χ1) is 17.4. The number of rotatable bonds is 7. The Balaban J connectivity index is 1.15. The summed E-state index contributed by atoms with van der Waals surface area (Å²) in [5.74, 6) is -1.05. The molecule has 3 N–H and O–H groups in total. The first-order valence-corrected chi connectivity index (χ1v) is 12.5. The summed E-state index contributed by atoms with van der Waals surface area (Å²) in [4.78, 5) is 52.9. The Morgan fingerprint density at radius 1 is 1.08 bits per heavy atom. The van der Waals surface area contributed by atoms with Gasteiger partial charge in [0.05, 0.1) is 6.54 Å². The van der Waals surface area contributed by atoms with Crippen molar-refractivity contribution >= 4 is 35.0 Å². The summed E-state index contributed by atoms with van der Waals surface area (Å²) in [5.41, 5.74) is 5.64. The van der Waals surface area contributed by atoms with Gasteiger partial charge in [0.2, 0.25) is 17.7 Å². The average Bonchev–Trinajstić information content (AvgIpc) is 3.51. The van der Waals surface area contributed by atoms with Crippen LogP contribution in [0.2, 0.25) is 0 Å². The SMILES string of the molecule is Cc1ccc(NCC(=O)NCc2ccc3c(c2)CN(C2CCC(=O)NC2=O)C3=O)cc1N1CCCC1. The molecule has 0 bridgehead atoms. The minimum absolute atomic E-state index is 0.125. The maximum Gasteiger partial charge on any atom is 0.255 e. The van der Waals surface area contributed by atoms with Crippen molar-refractivity contribution in [1.29, 1.82) is 0 Å². The van der Waals surface area contributed by atoms with Gasteiger partial charge in [0.1, 0.15) is 6.04 Å². The van der Waals surface area contributed by atoms with Gasteiger partial charge in [-0.05, 0) is 61.1 Å². The van der Waals surface area contributed by atoms with Gasteiger partial charge in [-0.2, -0.15) is 0 Å². The van der Waals surface area contributed by atoms with E-state index in [1.54, 1.807) is 6.07 Å². The number of carbonyl (C=O) groups excluding carboxylic acids is 4. The van der Waals surface area contributed by atoms with Crippen LogP contribution in [0.25, 0.3) is 0 Å². The molecule has 2 saturated heterocycles. The molecule has 0 saturated carbocycles.